The van der Waals surface area contributed by atoms with E-state index in [2.05, 4.69) is 10.3 Å². The number of amides is 1. The highest BCUT2D eigenvalue weighted by Crippen LogP contribution is 2.34. The maximum Gasteiger partial charge on any atom is 0.267 e. The van der Waals surface area contributed by atoms with Crippen LogP contribution < -0.4 is 5.32 Å². The molecule has 4 rings (SSSR count). The number of carbonyl (C=O) groups excluding carboxylic acids is 1. The topological polar surface area (TPSA) is 42.0 Å². The zero-order chi connectivity index (χ0) is 15.3. The minimum atomic E-state index is -0.279. The molecule has 1 N–H and O–H groups in total. The Morgan fingerprint density at radius 1 is 1.32 bits per heavy atom. The van der Waals surface area contributed by atoms with Crippen LogP contribution in [0.15, 0.2) is 18.2 Å². The Balaban J connectivity index is 1.67. The van der Waals surface area contributed by atoms with Crippen molar-refractivity contribution in [2.24, 2.45) is 0 Å². The fourth-order valence-electron chi connectivity index (χ4n) is 2.87. The second-order valence-corrected chi connectivity index (χ2v) is 7.50. The summed E-state index contributed by atoms with van der Waals surface area (Å²) < 4.78 is 14.7. The van der Waals surface area contributed by atoms with Gasteiger partial charge in [0.15, 0.2) is 5.13 Å². The number of rotatable bonds is 2. The summed E-state index contributed by atoms with van der Waals surface area (Å²) in [5.74, 6) is -0.482. The Kier molecular flexibility index (Phi) is 3.23. The molecule has 112 valence electrons. The van der Waals surface area contributed by atoms with Crippen LogP contribution in [0, 0.1) is 12.7 Å². The summed E-state index contributed by atoms with van der Waals surface area (Å²) in [6.07, 6.45) is 3.20. The molecule has 0 bridgehead atoms. The molecule has 3 nitrogen and oxygen atoms in total. The average Bonchev–Trinajstić information content (AvgIpc) is 3.12. The highest BCUT2D eigenvalue weighted by atomic mass is 32.1. The molecular formula is C16H13FN2OS2. The van der Waals surface area contributed by atoms with Gasteiger partial charge in [-0.1, -0.05) is 6.07 Å². The number of aromatic nitrogens is 1. The van der Waals surface area contributed by atoms with E-state index < -0.39 is 0 Å². The first kappa shape index (κ1) is 13.8. The van der Waals surface area contributed by atoms with E-state index in [1.54, 1.807) is 24.3 Å². The molecule has 2 heterocycles. The fourth-order valence-corrected chi connectivity index (χ4v) is 5.03. The van der Waals surface area contributed by atoms with Crippen LogP contribution in [0.5, 0.6) is 0 Å². The molecule has 0 aliphatic heterocycles. The third kappa shape index (κ3) is 2.14. The summed E-state index contributed by atoms with van der Waals surface area (Å²) in [7, 11) is 0. The molecule has 2 aromatic heterocycles. The van der Waals surface area contributed by atoms with Gasteiger partial charge >= 0.3 is 0 Å². The number of nitrogens with one attached hydrogen (secondary N) is 1. The minimum Gasteiger partial charge on any atom is -0.297 e. The molecule has 1 aliphatic carbocycles. The lowest BCUT2D eigenvalue weighted by molar-refractivity contribution is 0.103. The van der Waals surface area contributed by atoms with Gasteiger partial charge in [0.2, 0.25) is 0 Å². The van der Waals surface area contributed by atoms with E-state index >= 15 is 0 Å². The quantitative estimate of drug-likeness (QED) is 0.748. The maximum absolute atomic E-state index is 13.9. The van der Waals surface area contributed by atoms with E-state index in [0.29, 0.717) is 21.0 Å². The fraction of sp³-hybridized carbons (Fsp3) is 0.250. The summed E-state index contributed by atoms with van der Waals surface area (Å²) in [6, 6.07) is 4.93. The number of thiophene rings is 1. The number of aryl methyl sites for hydroxylation is 3. The van der Waals surface area contributed by atoms with E-state index in [9.17, 15) is 9.18 Å². The molecule has 1 aliphatic rings. The lowest BCUT2D eigenvalue weighted by atomic mass is 10.1. The minimum absolute atomic E-state index is 0.203. The summed E-state index contributed by atoms with van der Waals surface area (Å²) in [4.78, 5) is 18.8. The largest absolute Gasteiger partial charge is 0.297 e. The molecule has 1 aromatic carbocycles. The number of anilines is 1. The number of benzene rings is 1. The lowest BCUT2D eigenvalue weighted by Crippen LogP contribution is -2.11. The molecule has 3 aromatic rings. The van der Waals surface area contributed by atoms with E-state index in [-0.39, 0.29) is 11.7 Å². The first-order chi connectivity index (χ1) is 10.6. The second-order valence-electron chi connectivity index (χ2n) is 5.37. The van der Waals surface area contributed by atoms with E-state index in [1.807, 2.05) is 6.07 Å². The third-order valence-electron chi connectivity index (χ3n) is 3.93. The number of hydrogen-bond acceptors (Lipinski definition) is 4. The van der Waals surface area contributed by atoms with Gasteiger partial charge in [-0.15, -0.1) is 22.7 Å². The summed E-state index contributed by atoms with van der Waals surface area (Å²) in [5, 5.41) is 4.05. The first-order valence-corrected chi connectivity index (χ1v) is 8.74. The Morgan fingerprint density at radius 3 is 2.95 bits per heavy atom. The van der Waals surface area contributed by atoms with Crippen molar-refractivity contribution >= 4 is 43.8 Å². The predicted molar refractivity (Wildman–Crippen MR) is 88.6 cm³/mol. The SMILES string of the molecule is Cc1c(C(=O)Nc2nc3c(s2)CCC3)sc2cccc(F)c12. The van der Waals surface area contributed by atoms with Crippen LogP contribution in [0.25, 0.3) is 10.1 Å². The van der Waals surface area contributed by atoms with Crippen LogP contribution in [0.4, 0.5) is 9.52 Å². The zero-order valence-corrected chi connectivity index (χ0v) is 13.5. The number of hydrogen-bond donors (Lipinski definition) is 1. The molecule has 0 spiro atoms. The molecule has 6 heteroatoms. The van der Waals surface area contributed by atoms with Crippen molar-refractivity contribution in [1.82, 2.24) is 4.98 Å². The summed E-state index contributed by atoms with van der Waals surface area (Å²) >= 11 is 2.87. The Hall–Kier alpha value is -1.79. The first-order valence-electron chi connectivity index (χ1n) is 7.11. The highest BCUT2D eigenvalue weighted by Gasteiger charge is 2.21. The van der Waals surface area contributed by atoms with Crippen LogP contribution in [0.1, 0.15) is 32.2 Å². The van der Waals surface area contributed by atoms with E-state index in [4.69, 9.17) is 0 Å². The van der Waals surface area contributed by atoms with Crippen molar-refractivity contribution in [3.8, 4) is 0 Å². The van der Waals surface area contributed by atoms with E-state index in [0.717, 1.165) is 29.7 Å². The molecule has 0 atom stereocenters. The van der Waals surface area contributed by atoms with Crippen molar-refractivity contribution in [2.75, 3.05) is 5.32 Å². The van der Waals surface area contributed by atoms with Crippen LogP contribution in [0.3, 0.4) is 0 Å². The number of fused-ring (bicyclic) bond motifs is 2. The van der Waals surface area contributed by atoms with Crippen LogP contribution in [0.2, 0.25) is 0 Å². The Bertz CT molecular complexity index is 876. The lowest BCUT2D eigenvalue weighted by Gasteiger charge is -2.00. The van der Waals surface area contributed by atoms with Gasteiger partial charge in [-0.3, -0.25) is 10.1 Å². The number of nitrogens with zero attached hydrogens (tertiary/aromatic N) is 1. The standard InChI is InChI=1S/C16H13FN2OS2/c1-8-13-9(17)4-2-7-12(13)21-14(8)15(20)19-16-18-10-5-3-6-11(10)22-16/h2,4,7H,3,5-6H2,1H3,(H,18,19,20). The summed E-state index contributed by atoms with van der Waals surface area (Å²) in [6.45, 7) is 1.79. The normalized spacial score (nSPS) is 13.5. The van der Waals surface area contributed by atoms with Gasteiger partial charge < -0.3 is 0 Å². The predicted octanol–water partition coefficient (Wildman–Crippen LogP) is 4.55. The van der Waals surface area contributed by atoms with Crippen molar-refractivity contribution in [1.29, 1.82) is 0 Å². The van der Waals surface area contributed by atoms with Gasteiger partial charge in [0.05, 0.1) is 10.6 Å². The van der Waals surface area contributed by atoms with Gasteiger partial charge in [0.25, 0.3) is 5.91 Å². The monoisotopic (exact) mass is 332 g/mol. The zero-order valence-electron chi connectivity index (χ0n) is 11.9. The third-order valence-corrected chi connectivity index (χ3v) is 6.25. The van der Waals surface area contributed by atoms with Crippen molar-refractivity contribution in [3.05, 3.63) is 45.0 Å². The van der Waals surface area contributed by atoms with Gasteiger partial charge in [-0.05, 0) is 43.9 Å². The van der Waals surface area contributed by atoms with Crippen LogP contribution >= 0.6 is 22.7 Å². The number of carbonyl (C=O) groups is 1. The molecule has 0 saturated heterocycles. The highest BCUT2D eigenvalue weighted by molar-refractivity contribution is 7.21. The van der Waals surface area contributed by atoms with Crippen molar-refractivity contribution in [2.45, 2.75) is 26.2 Å². The number of thiazole rings is 1. The molecule has 0 unspecified atom stereocenters. The molecule has 0 saturated carbocycles. The molecule has 22 heavy (non-hydrogen) atoms. The number of halogens is 1. The van der Waals surface area contributed by atoms with Gasteiger partial charge in [-0.25, -0.2) is 9.37 Å². The van der Waals surface area contributed by atoms with Gasteiger partial charge in [0.1, 0.15) is 5.82 Å². The van der Waals surface area contributed by atoms with E-state index in [1.165, 1.54) is 22.3 Å². The molecule has 1 amide bonds. The summed E-state index contributed by atoms with van der Waals surface area (Å²) in [5.41, 5.74) is 1.80. The van der Waals surface area contributed by atoms with Crippen molar-refractivity contribution < 1.29 is 9.18 Å². The van der Waals surface area contributed by atoms with Crippen LogP contribution in [-0.4, -0.2) is 10.9 Å². The van der Waals surface area contributed by atoms with Crippen LogP contribution in [-0.2, 0) is 12.8 Å². The smallest absolute Gasteiger partial charge is 0.267 e. The maximum atomic E-state index is 13.9. The van der Waals surface area contributed by atoms with Gasteiger partial charge in [-0.2, -0.15) is 0 Å². The average molecular weight is 332 g/mol. The Morgan fingerprint density at radius 2 is 2.18 bits per heavy atom. The molecule has 0 fully saturated rings. The van der Waals surface area contributed by atoms with Crippen molar-refractivity contribution in [3.63, 3.8) is 0 Å². The second kappa shape index (κ2) is 5.14. The van der Waals surface area contributed by atoms with Gasteiger partial charge in [0, 0.05) is 15.0 Å². The molecule has 0 radical (unpaired) electrons. The molecular weight excluding hydrogens is 319 g/mol. The Labute approximate surface area is 134 Å².